The summed E-state index contributed by atoms with van der Waals surface area (Å²) in [6.45, 7) is 14.3. The van der Waals surface area contributed by atoms with Crippen LogP contribution in [0.4, 0.5) is 0 Å². The summed E-state index contributed by atoms with van der Waals surface area (Å²) in [4.78, 5) is 0. The van der Waals surface area contributed by atoms with Crippen LogP contribution in [-0.2, 0) is 0 Å². The summed E-state index contributed by atoms with van der Waals surface area (Å²) in [6, 6.07) is 0. The number of fused-ring (bicyclic) bond motifs is 3. The molecule has 5 rings (SSSR count). The maximum Gasteiger partial charge on any atom is 0.0117 e. The van der Waals surface area contributed by atoms with Crippen molar-refractivity contribution in [2.75, 3.05) is 0 Å². The summed E-state index contributed by atoms with van der Waals surface area (Å²) in [5.41, 5.74) is 17.0. The summed E-state index contributed by atoms with van der Waals surface area (Å²) in [7, 11) is 0. The number of allylic oxidation sites excluding steroid dienone is 12. The lowest BCUT2D eigenvalue weighted by Crippen LogP contribution is -2.19. The van der Waals surface area contributed by atoms with Crippen molar-refractivity contribution >= 4 is 0 Å². The van der Waals surface area contributed by atoms with Crippen LogP contribution in [0.15, 0.2) is 67.9 Å². The molecule has 0 spiro atoms. The Labute approximate surface area is 152 Å². The smallest absolute Gasteiger partial charge is 0.0117 e. The van der Waals surface area contributed by atoms with Gasteiger partial charge in [0.05, 0.1) is 0 Å². The van der Waals surface area contributed by atoms with Crippen molar-refractivity contribution in [3.8, 4) is 0 Å². The fourth-order valence-electron chi connectivity index (χ4n) is 6.18. The molecule has 25 heavy (non-hydrogen) atoms. The van der Waals surface area contributed by atoms with Gasteiger partial charge >= 0.3 is 0 Å². The zero-order valence-electron chi connectivity index (χ0n) is 16.6. The highest BCUT2D eigenvalue weighted by Gasteiger charge is 2.46. The molecule has 0 N–H and O–H groups in total. The normalized spacial score (nSPS) is 26.2. The first-order chi connectivity index (χ1) is 11.8. The van der Waals surface area contributed by atoms with Crippen LogP contribution in [0, 0.1) is 17.3 Å². The lowest BCUT2D eigenvalue weighted by molar-refractivity contribution is 0.491. The van der Waals surface area contributed by atoms with E-state index in [2.05, 4.69) is 53.7 Å². The van der Waals surface area contributed by atoms with Gasteiger partial charge in [-0.05, 0) is 82.1 Å². The first-order valence-corrected chi connectivity index (χ1v) is 10.1. The van der Waals surface area contributed by atoms with E-state index in [4.69, 9.17) is 0 Å². The zero-order valence-corrected chi connectivity index (χ0v) is 16.6. The predicted molar refractivity (Wildman–Crippen MR) is 106 cm³/mol. The second kappa shape index (κ2) is 4.78. The molecule has 0 aromatic rings. The second-order valence-electron chi connectivity index (χ2n) is 9.78. The minimum atomic E-state index is 0.231. The predicted octanol–water partition coefficient (Wildman–Crippen LogP) is 6.99. The molecule has 0 heterocycles. The van der Waals surface area contributed by atoms with Crippen LogP contribution in [0.3, 0.4) is 0 Å². The van der Waals surface area contributed by atoms with Gasteiger partial charge in [-0.1, -0.05) is 64.8 Å². The van der Waals surface area contributed by atoms with Crippen LogP contribution >= 0.6 is 0 Å². The van der Waals surface area contributed by atoms with Crippen LogP contribution in [0.2, 0.25) is 0 Å². The third kappa shape index (κ3) is 1.89. The molecule has 5 aliphatic carbocycles. The highest BCUT2D eigenvalue weighted by Crippen LogP contribution is 2.62. The van der Waals surface area contributed by atoms with E-state index in [9.17, 15) is 0 Å². The number of rotatable bonds is 2. The van der Waals surface area contributed by atoms with E-state index in [-0.39, 0.29) is 5.41 Å². The van der Waals surface area contributed by atoms with E-state index in [0.29, 0.717) is 11.8 Å². The van der Waals surface area contributed by atoms with Crippen LogP contribution in [0.25, 0.3) is 0 Å². The topological polar surface area (TPSA) is 0 Å². The maximum absolute atomic E-state index is 2.55. The van der Waals surface area contributed by atoms with Crippen molar-refractivity contribution in [2.45, 2.75) is 67.2 Å². The lowest BCUT2D eigenvalue weighted by atomic mass is 9.73. The van der Waals surface area contributed by atoms with E-state index >= 15 is 0 Å². The van der Waals surface area contributed by atoms with Gasteiger partial charge in [0.1, 0.15) is 0 Å². The van der Waals surface area contributed by atoms with E-state index in [1.165, 1.54) is 25.7 Å². The van der Waals surface area contributed by atoms with Gasteiger partial charge in [0.15, 0.2) is 0 Å². The second-order valence-corrected chi connectivity index (χ2v) is 9.78. The van der Waals surface area contributed by atoms with Crippen molar-refractivity contribution in [2.24, 2.45) is 17.3 Å². The Morgan fingerprint density at radius 2 is 1.32 bits per heavy atom. The molecule has 0 aliphatic heterocycles. The van der Waals surface area contributed by atoms with Crippen LogP contribution < -0.4 is 0 Å². The molecule has 0 atom stereocenters. The van der Waals surface area contributed by atoms with Crippen molar-refractivity contribution < 1.29 is 0 Å². The third-order valence-corrected chi connectivity index (χ3v) is 7.34. The Morgan fingerprint density at radius 3 is 2.00 bits per heavy atom. The summed E-state index contributed by atoms with van der Waals surface area (Å²) in [5.74, 6) is 1.34. The van der Waals surface area contributed by atoms with Crippen LogP contribution in [-0.4, -0.2) is 0 Å². The molecule has 0 aromatic carbocycles. The average Bonchev–Trinajstić information content (AvgIpc) is 3.22. The van der Waals surface area contributed by atoms with Gasteiger partial charge in [-0.15, -0.1) is 0 Å². The molecule has 0 fully saturated rings. The Hall–Kier alpha value is -1.56. The van der Waals surface area contributed by atoms with Gasteiger partial charge in [0.25, 0.3) is 0 Å². The first kappa shape index (κ1) is 15.7. The molecule has 5 aliphatic rings. The molecule has 0 saturated carbocycles. The molecule has 0 saturated heterocycles. The van der Waals surface area contributed by atoms with Crippen molar-refractivity contribution in [1.29, 1.82) is 0 Å². The molecule has 0 nitrogen and oxygen atoms in total. The molecule has 130 valence electrons. The van der Waals surface area contributed by atoms with Gasteiger partial charge in [0.2, 0.25) is 0 Å². The largest absolute Gasteiger partial charge is 0.0630 e. The fourth-order valence-corrected chi connectivity index (χ4v) is 6.18. The molecular formula is C25H30. The Kier molecular flexibility index (Phi) is 3.00. The Morgan fingerprint density at radius 1 is 0.680 bits per heavy atom. The van der Waals surface area contributed by atoms with E-state index in [1.54, 1.807) is 55.7 Å². The van der Waals surface area contributed by atoms with E-state index < -0.39 is 0 Å². The number of hydrogen-bond acceptors (Lipinski definition) is 0. The highest BCUT2D eigenvalue weighted by atomic mass is 14.5. The molecule has 0 unspecified atom stereocenters. The zero-order chi connectivity index (χ0) is 17.7. The summed E-state index contributed by atoms with van der Waals surface area (Å²) < 4.78 is 0. The molecule has 0 bridgehead atoms. The van der Waals surface area contributed by atoms with Gasteiger partial charge in [0, 0.05) is 5.41 Å². The minimum absolute atomic E-state index is 0.231. The van der Waals surface area contributed by atoms with Crippen LogP contribution in [0.5, 0.6) is 0 Å². The molecule has 0 heteroatoms. The monoisotopic (exact) mass is 330 g/mol. The van der Waals surface area contributed by atoms with E-state index in [0.717, 1.165) is 0 Å². The van der Waals surface area contributed by atoms with E-state index in [1.807, 2.05) is 0 Å². The van der Waals surface area contributed by atoms with Gasteiger partial charge < -0.3 is 0 Å². The third-order valence-electron chi connectivity index (χ3n) is 7.34. The molecule has 0 radical (unpaired) electrons. The average molecular weight is 331 g/mol. The molecule has 0 aromatic heterocycles. The van der Waals surface area contributed by atoms with Crippen molar-refractivity contribution in [3.05, 3.63) is 67.9 Å². The summed E-state index contributed by atoms with van der Waals surface area (Å²) >= 11 is 0. The Balaban J connectivity index is 1.44. The van der Waals surface area contributed by atoms with Gasteiger partial charge in [-0.3, -0.25) is 0 Å². The first-order valence-electron chi connectivity index (χ1n) is 10.1. The Bertz CT molecular complexity index is 898. The lowest BCUT2D eigenvalue weighted by Gasteiger charge is -2.30. The SMILES string of the molecule is CC(C)C1=CC2=C(C1)C1=C(C2)C2=C(C1)C1=C(C=C(C(C)C)C1(C)C)C2. The number of hydrogen-bond donors (Lipinski definition) is 0. The van der Waals surface area contributed by atoms with Crippen molar-refractivity contribution in [3.63, 3.8) is 0 Å². The summed E-state index contributed by atoms with van der Waals surface area (Å²) in [5, 5.41) is 0. The maximum atomic E-state index is 2.55. The highest BCUT2D eigenvalue weighted by molar-refractivity contribution is 5.75. The standard InChI is InChI=1S/C25H30/c1-13(2)15-7-16-9-19-20-10-17-11-23(14(3)4)25(5,6)24(17)22(20)12-21(19)18(16)8-15/h7,11,13-14H,8-10,12H2,1-6H3. The minimum Gasteiger partial charge on any atom is -0.0630 e. The molecular weight excluding hydrogens is 300 g/mol. The fraction of sp³-hybridized carbons (Fsp3) is 0.520. The van der Waals surface area contributed by atoms with Crippen molar-refractivity contribution in [1.82, 2.24) is 0 Å². The quantitative estimate of drug-likeness (QED) is 0.511. The van der Waals surface area contributed by atoms with Gasteiger partial charge in [-0.2, -0.15) is 0 Å². The molecule has 0 amide bonds. The summed E-state index contributed by atoms with van der Waals surface area (Å²) in [6.07, 6.45) is 9.91. The van der Waals surface area contributed by atoms with Crippen LogP contribution in [0.1, 0.15) is 67.2 Å². The van der Waals surface area contributed by atoms with Gasteiger partial charge in [-0.25, -0.2) is 0 Å².